The number of anilines is 4. The Morgan fingerprint density at radius 3 is 2.41 bits per heavy atom. The van der Waals surface area contributed by atoms with Gasteiger partial charge in [0.15, 0.2) is 11.5 Å². The fourth-order valence-corrected chi connectivity index (χ4v) is 3.17. The second kappa shape index (κ2) is 7.98. The van der Waals surface area contributed by atoms with E-state index < -0.39 is 4.92 Å². The van der Waals surface area contributed by atoms with Crippen LogP contribution in [0.5, 0.6) is 11.5 Å². The van der Waals surface area contributed by atoms with E-state index in [-0.39, 0.29) is 17.3 Å². The Kier molecular flexibility index (Phi) is 5.24. The minimum atomic E-state index is -0.577. The van der Waals surface area contributed by atoms with Crippen LogP contribution in [0.1, 0.15) is 0 Å². The summed E-state index contributed by atoms with van der Waals surface area (Å²) in [5.41, 5.74) is 0.628. The highest BCUT2D eigenvalue weighted by atomic mass is 35.5. The van der Waals surface area contributed by atoms with Gasteiger partial charge < -0.3 is 20.1 Å². The van der Waals surface area contributed by atoms with E-state index >= 15 is 0 Å². The highest BCUT2D eigenvalue weighted by molar-refractivity contribution is 6.36. The summed E-state index contributed by atoms with van der Waals surface area (Å²) in [6.07, 6.45) is 1.21. The number of rotatable bonds is 5. The SMILES string of the molecule is O=[N+]([O-])c1c(Nc2ccc3c(c2)OCCO3)ncnc1Nc1ccc(Cl)cc1Cl. The molecule has 0 unspecified atom stereocenters. The lowest BCUT2D eigenvalue weighted by Gasteiger charge is -2.19. The van der Waals surface area contributed by atoms with Crippen molar-refractivity contribution in [2.24, 2.45) is 0 Å². The molecule has 0 amide bonds. The van der Waals surface area contributed by atoms with Crippen molar-refractivity contribution >= 4 is 51.9 Å². The Balaban J connectivity index is 1.67. The Bertz CT molecular complexity index is 1100. The highest BCUT2D eigenvalue weighted by Crippen LogP contribution is 2.37. The van der Waals surface area contributed by atoms with Crippen molar-refractivity contribution in [2.45, 2.75) is 0 Å². The van der Waals surface area contributed by atoms with Crippen LogP contribution in [0.4, 0.5) is 28.7 Å². The second-order valence-corrected chi connectivity index (χ2v) is 6.75. The van der Waals surface area contributed by atoms with Gasteiger partial charge in [0.1, 0.15) is 19.5 Å². The van der Waals surface area contributed by atoms with Crippen LogP contribution >= 0.6 is 23.2 Å². The van der Waals surface area contributed by atoms with E-state index in [0.717, 1.165) is 0 Å². The minimum Gasteiger partial charge on any atom is -0.486 e. The number of aromatic nitrogens is 2. The van der Waals surface area contributed by atoms with Crippen molar-refractivity contribution in [1.29, 1.82) is 0 Å². The van der Waals surface area contributed by atoms with Crippen molar-refractivity contribution in [2.75, 3.05) is 23.8 Å². The fourth-order valence-electron chi connectivity index (χ4n) is 2.71. The number of benzene rings is 2. The van der Waals surface area contributed by atoms with Gasteiger partial charge in [0.2, 0.25) is 11.6 Å². The molecule has 148 valence electrons. The molecule has 1 aliphatic heterocycles. The first-order valence-electron chi connectivity index (χ1n) is 8.39. The topological polar surface area (TPSA) is 111 Å². The zero-order chi connectivity index (χ0) is 20.4. The summed E-state index contributed by atoms with van der Waals surface area (Å²) in [5.74, 6) is 1.14. The summed E-state index contributed by atoms with van der Waals surface area (Å²) in [6, 6.07) is 9.84. The quantitative estimate of drug-likeness (QED) is 0.429. The molecule has 1 aromatic heterocycles. The number of nitrogens with zero attached hydrogens (tertiary/aromatic N) is 3. The maximum atomic E-state index is 11.7. The fraction of sp³-hybridized carbons (Fsp3) is 0.111. The first-order valence-corrected chi connectivity index (χ1v) is 9.15. The molecule has 0 atom stereocenters. The number of ether oxygens (including phenoxy) is 2. The predicted octanol–water partition coefficient (Wildman–Crippen LogP) is 4.95. The lowest BCUT2D eigenvalue weighted by atomic mass is 10.2. The molecule has 4 rings (SSSR count). The highest BCUT2D eigenvalue weighted by Gasteiger charge is 2.24. The van der Waals surface area contributed by atoms with Gasteiger partial charge in [-0.05, 0) is 30.3 Å². The first kappa shape index (κ1) is 19.0. The molecule has 11 heteroatoms. The molecular weight excluding hydrogens is 421 g/mol. The Morgan fingerprint density at radius 2 is 1.69 bits per heavy atom. The van der Waals surface area contributed by atoms with Gasteiger partial charge in [0.05, 0.1) is 15.6 Å². The third-order valence-electron chi connectivity index (χ3n) is 3.99. The van der Waals surface area contributed by atoms with Crippen LogP contribution in [0, 0.1) is 10.1 Å². The third-order valence-corrected chi connectivity index (χ3v) is 4.54. The standard InChI is InChI=1S/C18H13Cl2N5O4/c19-10-1-3-13(12(20)7-10)24-18-16(25(26)27)17(21-9-22-18)23-11-2-4-14-15(8-11)29-6-5-28-14/h1-4,7-9H,5-6H2,(H2,21,22,23,24). The normalized spacial score (nSPS) is 12.3. The van der Waals surface area contributed by atoms with Gasteiger partial charge >= 0.3 is 5.69 Å². The van der Waals surface area contributed by atoms with Crippen molar-refractivity contribution in [3.05, 3.63) is 62.9 Å². The van der Waals surface area contributed by atoms with E-state index in [0.29, 0.717) is 46.1 Å². The van der Waals surface area contributed by atoms with Gasteiger partial charge in [-0.1, -0.05) is 23.2 Å². The average Bonchev–Trinajstić information content (AvgIpc) is 2.70. The molecular formula is C18H13Cl2N5O4. The molecule has 0 saturated heterocycles. The van der Waals surface area contributed by atoms with Crippen LogP contribution in [0.3, 0.4) is 0 Å². The average molecular weight is 434 g/mol. The van der Waals surface area contributed by atoms with Gasteiger partial charge in [-0.25, -0.2) is 9.97 Å². The molecule has 3 aromatic rings. The van der Waals surface area contributed by atoms with E-state index in [2.05, 4.69) is 20.6 Å². The summed E-state index contributed by atoms with van der Waals surface area (Å²) in [7, 11) is 0. The molecule has 0 radical (unpaired) electrons. The third kappa shape index (κ3) is 4.10. The molecule has 2 aromatic carbocycles. The number of halogens is 2. The monoisotopic (exact) mass is 433 g/mol. The summed E-state index contributed by atoms with van der Waals surface area (Å²) >= 11 is 12.0. The molecule has 0 fully saturated rings. The van der Waals surface area contributed by atoms with Crippen LogP contribution in [0.15, 0.2) is 42.7 Å². The maximum absolute atomic E-state index is 11.7. The molecule has 0 bridgehead atoms. The van der Waals surface area contributed by atoms with Crippen molar-refractivity contribution in [3.63, 3.8) is 0 Å². The smallest absolute Gasteiger partial charge is 0.353 e. The number of hydrogen-bond acceptors (Lipinski definition) is 8. The zero-order valence-electron chi connectivity index (χ0n) is 14.7. The predicted molar refractivity (Wildman–Crippen MR) is 109 cm³/mol. The molecule has 0 saturated carbocycles. The zero-order valence-corrected chi connectivity index (χ0v) is 16.2. The lowest BCUT2D eigenvalue weighted by Crippen LogP contribution is -2.15. The maximum Gasteiger partial charge on any atom is 0.353 e. The second-order valence-electron chi connectivity index (χ2n) is 5.91. The molecule has 2 heterocycles. The van der Waals surface area contributed by atoms with E-state index in [1.54, 1.807) is 30.3 Å². The molecule has 0 aliphatic carbocycles. The number of nitro groups is 1. The van der Waals surface area contributed by atoms with Crippen molar-refractivity contribution in [1.82, 2.24) is 9.97 Å². The molecule has 1 aliphatic rings. The van der Waals surface area contributed by atoms with Gasteiger partial charge in [0.25, 0.3) is 0 Å². The Labute approximate surface area is 174 Å². The Hall–Kier alpha value is -3.30. The lowest BCUT2D eigenvalue weighted by molar-refractivity contribution is -0.383. The summed E-state index contributed by atoms with van der Waals surface area (Å²) in [6.45, 7) is 0.902. The molecule has 0 spiro atoms. The largest absolute Gasteiger partial charge is 0.486 e. The van der Waals surface area contributed by atoms with Crippen LogP contribution in [0.2, 0.25) is 10.0 Å². The van der Waals surface area contributed by atoms with Gasteiger partial charge in [-0.3, -0.25) is 10.1 Å². The Morgan fingerprint density at radius 1 is 0.966 bits per heavy atom. The van der Waals surface area contributed by atoms with Gasteiger partial charge in [0, 0.05) is 16.8 Å². The van der Waals surface area contributed by atoms with Crippen LogP contribution in [0.25, 0.3) is 0 Å². The van der Waals surface area contributed by atoms with Gasteiger partial charge in [-0.2, -0.15) is 0 Å². The molecule has 2 N–H and O–H groups in total. The van der Waals surface area contributed by atoms with E-state index in [4.69, 9.17) is 32.7 Å². The molecule has 9 nitrogen and oxygen atoms in total. The van der Waals surface area contributed by atoms with Crippen molar-refractivity contribution in [3.8, 4) is 11.5 Å². The van der Waals surface area contributed by atoms with Gasteiger partial charge in [-0.15, -0.1) is 0 Å². The number of hydrogen-bond donors (Lipinski definition) is 2. The summed E-state index contributed by atoms with van der Waals surface area (Å²) < 4.78 is 11.0. The molecule has 29 heavy (non-hydrogen) atoms. The summed E-state index contributed by atoms with van der Waals surface area (Å²) in [5, 5.41) is 18.3. The van der Waals surface area contributed by atoms with Crippen LogP contribution in [-0.4, -0.2) is 28.1 Å². The first-order chi connectivity index (χ1) is 14.0. The minimum absolute atomic E-state index is 0.00858. The van der Waals surface area contributed by atoms with Crippen LogP contribution in [-0.2, 0) is 0 Å². The number of fused-ring (bicyclic) bond motifs is 1. The van der Waals surface area contributed by atoms with E-state index in [1.807, 2.05) is 0 Å². The summed E-state index contributed by atoms with van der Waals surface area (Å²) in [4.78, 5) is 19.2. The van der Waals surface area contributed by atoms with Crippen molar-refractivity contribution < 1.29 is 14.4 Å². The van der Waals surface area contributed by atoms with E-state index in [1.165, 1.54) is 12.4 Å². The van der Waals surface area contributed by atoms with Crippen LogP contribution < -0.4 is 20.1 Å². The van der Waals surface area contributed by atoms with E-state index in [9.17, 15) is 10.1 Å². The number of nitrogens with one attached hydrogen (secondary N) is 2.